The van der Waals surface area contributed by atoms with Gasteiger partial charge in [-0.3, -0.25) is 19.3 Å². The van der Waals surface area contributed by atoms with Gasteiger partial charge in [-0.1, -0.05) is 42.5 Å². The number of thioether (sulfide) groups is 1. The number of hydrogen-bond donors (Lipinski definition) is 1. The number of rotatable bonds is 5. The lowest BCUT2D eigenvalue weighted by atomic mass is 10.1. The van der Waals surface area contributed by atoms with Crippen LogP contribution in [0.4, 0.5) is 10.5 Å². The number of imide groups is 1. The molecule has 0 atom stereocenters. The molecule has 1 fully saturated rings. The number of benzene rings is 3. The first-order valence-electron chi connectivity index (χ1n) is 10.8. The SMILES string of the molecule is Cc1cccc(NC(=O)CN2C(=O)S/C(=C\c3cccn3-c3ccc4ccccc4c3)C2=O)c1. The molecule has 1 aromatic heterocycles. The lowest BCUT2D eigenvalue weighted by Gasteiger charge is -2.12. The van der Waals surface area contributed by atoms with Gasteiger partial charge in [0.2, 0.25) is 5.91 Å². The number of fused-ring (bicyclic) bond motifs is 1. The molecule has 0 radical (unpaired) electrons. The average molecular weight is 468 g/mol. The van der Waals surface area contributed by atoms with Crippen molar-refractivity contribution in [3.8, 4) is 5.69 Å². The van der Waals surface area contributed by atoms with E-state index in [0.29, 0.717) is 5.69 Å². The van der Waals surface area contributed by atoms with E-state index in [0.717, 1.165) is 44.4 Å². The third-order valence-corrected chi connectivity index (χ3v) is 6.46. The van der Waals surface area contributed by atoms with Crippen LogP contribution in [0.2, 0.25) is 0 Å². The van der Waals surface area contributed by atoms with Crippen molar-refractivity contribution >= 4 is 51.4 Å². The van der Waals surface area contributed by atoms with Crippen molar-refractivity contribution in [2.24, 2.45) is 0 Å². The number of amides is 3. The number of carbonyl (C=O) groups excluding carboxylic acids is 3. The molecule has 0 unspecified atom stereocenters. The summed E-state index contributed by atoms with van der Waals surface area (Å²) in [6, 6.07) is 25.4. The Hall–Kier alpha value is -4.10. The Morgan fingerprint density at radius 2 is 1.76 bits per heavy atom. The second-order valence-corrected chi connectivity index (χ2v) is 9.01. The molecule has 3 amide bonds. The molecule has 34 heavy (non-hydrogen) atoms. The third-order valence-electron chi connectivity index (χ3n) is 5.55. The van der Waals surface area contributed by atoms with Crippen molar-refractivity contribution in [3.63, 3.8) is 0 Å². The maximum Gasteiger partial charge on any atom is 0.294 e. The maximum absolute atomic E-state index is 12.9. The Morgan fingerprint density at radius 3 is 2.59 bits per heavy atom. The van der Waals surface area contributed by atoms with Crippen molar-refractivity contribution in [1.82, 2.24) is 9.47 Å². The zero-order valence-corrected chi connectivity index (χ0v) is 19.2. The topological polar surface area (TPSA) is 71.4 Å². The fourth-order valence-electron chi connectivity index (χ4n) is 3.91. The molecule has 0 spiro atoms. The van der Waals surface area contributed by atoms with Crippen LogP contribution in [0.1, 0.15) is 11.3 Å². The standard InChI is InChI=1S/C27H21N3O3S/c1-18-6-4-9-21(14-18)28-25(31)17-30-26(32)24(34-27(30)33)16-22-10-5-13-29(22)23-12-11-19-7-2-3-8-20(19)15-23/h2-16H,17H2,1H3,(H,28,31)/b24-16-. The van der Waals surface area contributed by atoms with E-state index in [2.05, 4.69) is 29.6 Å². The van der Waals surface area contributed by atoms with Gasteiger partial charge in [0.25, 0.3) is 11.1 Å². The quantitative estimate of drug-likeness (QED) is 0.387. The zero-order chi connectivity index (χ0) is 23.7. The Kier molecular flexibility index (Phi) is 5.77. The second-order valence-electron chi connectivity index (χ2n) is 8.02. The molecule has 0 aliphatic carbocycles. The van der Waals surface area contributed by atoms with Crippen LogP contribution in [0.3, 0.4) is 0 Å². The highest BCUT2D eigenvalue weighted by molar-refractivity contribution is 8.18. The predicted molar refractivity (Wildman–Crippen MR) is 136 cm³/mol. The fraction of sp³-hybridized carbons (Fsp3) is 0.0741. The summed E-state index contributed by atoms with van der Waals surface area (Å²) in [6.45, 7) is 1.59. The summed E-state index contributed by atoms with van der Waals surface area (Å²) in [5.41, 5.74) is 3.35. The first-order valence-corrected chi connectivity index (χ1v) is 11.6. The molecule has 168 valence electrons. The van der Waals surface area contributed by atoms with Gasteiger partial charge in [-0.25, -0.2) is 0 Å². The largest absolute Gasteiger partial charge is 0.325 e. The molecular weight excluding hydrogens is 446 g/mol. The second kappa shape index (κ2) is 9.03. The molecule has 3 aromatic carbocycles. The smallest absolute Gasteiger partial charge is 0.294 e. The monoisotopic (exact) mass is 467 g/mol. The number of nitrogens with zero attached hydrogens (tertiary/aromatic N) is 2. The minimum absolute atomic E-state index is 0.286. The van der Waals surface area contributed by atoms with Crippen LogP contribution in [-0.2, 0) is 9.59 Å². The fourth-order valence-corrected chi connectivity index (χ4v) is 4.73. The Bertz CT molecular complexity index is 1470. The van der Waals surface area contributed by atoms with Crippen molar-refractivity contribution < 1.29 is 14.4 Å². The number of hydrogen-bond acceptors (Lipinski definition) is 4. The van der Waals surface area contributed by atoms with Crippen LogP contribution < -0.4 is 5.32 Å². The van der Waals surface area contributed by atoms with Gasteiger partial charge >= 0.3 is 0 Å². The van der Waals surface area contributed by atoms with Gasteiger partial charge < -0.3 is 9.88 Å². The summed E-state index contributed by atoms with van der Waals surface area (Å²) < 4.78 is 1.96. The number of aryl methyl sites for hydroxylation is 1. The van der Waals surface area contributed by atoms with E-state index in [9.17, 15) is 14.4 Å². The summed E-state index contributed by atoms with van der Waals surface area (Å²) in [4.78, 5) is 39.2. The van der Waals surface area contributed by atoms with E-state index in [4.69, 9.17) is 0 Å². The van der Waals surface area contributed by atoms with Crippen LogP contribution in [0.25, 0.3) is 22.5 Å². The minimum atomic E-state index is -0.472. The van der Waals surface area contributed by atoms with Gasteiger partial charge in [-0.15, -0.1) is 0 Å². The molecule has 1 aliphatic heterocycles. The molecular formula is C27H21N3O3S. The van der Waals surface area contributed by atoms with Gasteiger partial charge in [0.05, 0.1) is 4.91 Å². The third kappa shape index (κ3) is 4.38. The van der Waals surface area contributed by atoms with Crippen LogP contribution in [0.5, 0.6) is 0 Å². The zero-order valence-electron chi connectivity index (χ0n) is 18.4. The van der Waals surface area contributed by atoms with Crippen molar-refractivity contribution in [2.45, 2.75) is 6.92 Å². The molecule has 2 heterocycles. The van der Waals surface area contributed by atoms with E-state index in [1.165, 1.54) is 0 Å². The van der Waals surface area contributed by atoms with Crippen molar-refractivity contribution in [1.29, 1.82) is 0 Å². The average Bonchev–Trinajstić information content (AvgIpc) is 3.39. The van der Waals surface area contributed by atoms with Gasteiger partial charge in [0, 0.05) is 23.3 Å². The van der Waals surface area contributed by atoms with Gasteiger partial charge in [-0.05, 0) is 77.5 Å². The van der Waals surface area contributed by atoms with E-state index >= 15 is 0 Å². The number of carbonyl (C=O) groups is 3. The molecule has 0 saturated carbocycles. The summed E-state index contributed by atoms with van der Waals surface area (Å²) in [6.07, 6.45) is 3.61. The highest BCUT2D eigenvalue weighted by atomic mass is 32.2. The number of anilines is 1. The first kappa shape index (κ1) is 21.7. The number of aromatic nitrogens is 1. The molecule has 1 aliphatic rings. The number of nitrogens with one attached hydrogen (secondary N) is 1. The van der Waals surface area contributed by atoms with Crippen molar-refractivity contribution in [3.05, 3.63) is 101 Å². The molecule has 5 rings (SSSR count). The molecule has 7 heteroatoms. The lowest BCUT2D eigenvalue weighted by molar-refractivity contribution is -0.127. The van der Waals surface area contributed by atoms with Crippen LogP contribution in [0.15, 0.2) is 90.0 Å². The normalized spacial score (nSPS) is 14.9. The van der Waals surface area contributed by atoms with Crippen LogP contribution in [0, 0.1) is 6.92 Å². The Labute approximate surface area is 200 Å². The molecule has 6 nitrogen and oxygen atoms in total. The highest BCUT2D eigenvalue weighted by Crippen LogP contribution is 2.33. The van der Waals surface area contributed by atoms with Gasteiger partial charge in [0.1, 0.15) is 6.54 Å². The Balaban J connectivity index is 1.35. The van der Waals surface area contributed by atoms with Crippen LogP contribution in [-0.4, -0.2) is 33.1 Å². The molecule has 1 N–H and O–H groups in total. The van der Waals surface area contributed by atoms with E-state index in [-0.39, 0.29) is 11.4 Å². The van der Waals surface area contributed by atoms with Gasteiger partial charge in [0.15, 0.2) is 0 Å². The molecule has 1 saturated heterocycles. The summed E-state index contributed by atoms with van der Waals surface area (Å²) >= 11 is 0.842. The summed E-state index contributed by atoms with van der Waals surface area (Å²) in [5.74, 6) is -0.894. The molecule has 4 aromatic rings. The minimum Gasteiger partial charge on any atom is -0.325 e. The first-order chi connectivity index (χ1) is 16.5. The van der Waals surface area contributed by atoms with Gasteiger partial charge in [-0.2, -0.15) is 0 Å². The highest BCUT2D eigenvalue weighted by Gasteiger charge is 2.36. The molecule has 0 bridgehead atoms. The Morgan fingerprint density at radius 1 is 0.941 bits per heavy atom. The lowest BCUT2D eigenvalue weighted by Crippen LogP contribution is -2.36. The van der Waals surface area contributed by atoms with E-state index < -0.39 is 17.1 Å². The van der Waals surface area contributed by atoms with Crippen LogP contribution >= 0.6 is 11.8 Å². The predicted octanol–water partition coefficient (Wildman–Crippen LogP) is 5.61. The van der Waals surface area contributed by atoms with E-state index in [1.54, 1.807) is 12.1 Å². The summed E-state index contributed by atoms with van der Waals surface area (Å²) in [5, 5.41) is 4.53. The summed E-state index contributed by atoms with van der Waals surface area (Å²) in [7, 11) is 0. The van der Waals surface area contributed by atoms with Crippen molar-refractivity contribution in [2.75, 3.05) is 11.9 Å². The maximum atomic E-state index is 12.9. The van der Waals surface area contributed by atoms with E-state index in [1.807, 2.05) is 66.2 Å².